The van der Waals surface area contributed by atoms with Crippen LogP contribution in [0.15, 0.2) is 30.3 Å². The average molecular weight is 450 g/mol. The molecule has 1 saturated heterocycles. The van der Waals surface area contributed by atoms with Gasteiger partial charge in [0, 0.05) is 6.54 Å². The zero-order chi connectivity index (χ0) is 23.7. The Kier molecular flexibility index (Phi) is 9.45. The van der Waals surface area contributed by atoms with Crippen LogP contribution in [-0.4, -0.2) is 70.3 Å². The number of aliphatic hydroxyl groups excluding tert-OH is 1. The molecule has 0 aromatic heterocycles. The van der Waals surface area contributed by atoms with Crippen LogP contribution in [0, 0.1) is 5.92 Å². The maximum atomic E-state index is 12.7. The van der Waals surface area contributed by atoms with Crippen LogP contribution in [0.5, 0.6) is 0 Å². The third-order valence-electron chi connectivity index (χ3n) is 5.13. The molecule has 1 aromatic carbocycles. The average Bonchev–Trinajstić information content (AvgIpc) is 3.25. The molecule has 2 rings (SSSR count). The van der Waals surface area contributed by atoms with Crippen LogP contribution in [0.4, 0.5) is 4.79 Å². The molecule has 1 aliphatic heterocycles. The predicted molar refractivity (Wildman–Crippen MR) is 114 cm³/mol. The molecule has 0 saturated carbocycles. The van der Waals surface area contributed by atoms with Gasteiger partial charge in [-0.1, -0.05) is 44.2 Å². The van der Waals surface area contributed by atoms with Crippen molar-refractivity contribution in [2.24, 2.45) is 5.92 Å². The van der Waals surface area contributed by atoms with Gasteiger partial charge in [-0.3, -0.25) is 14.5 Å². The molecular weight excluding hydrogens is 418 g/mol. The van der Waals surface area contributed by atoms with E-state index in [0.717, 1.165) is 5.56 Å². The van der Waals surface area contributed by atoms with Crippen LogP contribution < -0.4 is 10.6 Å². The van der Waals surface area contributed by atoms with Crippen LogP contribution in [0.25, 0.3) is 0 Å². The molecule has 0 unspecified atom stereocenters. The largest absolute Gasteiger partial charge is 0.480 e. The van der Waals surface area contributed by atoms with Gasteiger partial charge >= 0.3 is 12.1 Å². The number of rotatable bonds is 10. The highest BCUT2D eigenvalue weighted by molar-refractivity contribution is 5.93. The second-order valence-corrected chi connectivity index (χ2v) is 8.16. The molecule has 0 radical (unpaired) electrons. The zero-order valence-corrected chi connectivity index (χ0v) is 18.3. The van der Waals surface area contributed by atoms with Crippen LogP contribution in [0.1, 0.15) is 38.7 Å². The highest BCUT2D eigenvalue weighted by Gasteiger charge is 2.37. The maximum Gasteiger partial charge on any atom is 0.410 e. The van der Waals surface area contributed by atoms with Gasteiger partial charge in [0.05, 0.1) is 6.61 Å². The van der Waals surface area contributed by atoms with E-state index in [-0.39, 0.29) is 18.9 Å². The molecule has 3 amide bonds. The molecular formula is C22H31N3O7. The smallest absolute Gasteiger partial charge is 0.410 e. The number of hydrogen-bond acceptors (Lipinski definition) is 6. The number of nitrogens with one attached hydrogen (secondary N) is 2. The Balaban J connectivity index is 1.95. The van der Waals surface area contributed by atoms with Crippen LogP contribution in [0.2, 0.25) is 0 Å². The van der Waals surface area contributed by atoms with E-state index in [1.54, 1.807) is 0 Å². The van der Waals surface area contributed by atoms with Gasteiger partial charge in [-0.2, -0.15) is 0 Å². The first-order valence-electron chi connectivity index (χ1n) is 10.6. The lowest BCUT2D eigenvalue weighted by molar-refractivity contribution is -0.143. The van der Waals surface area contributed by atoms with Crippen molar-refractivity contribution in [2.45, 2.75) is 57.8 Å². The molecule has 10 heteroatoms. The minimum Gasteiger partial charge on any atom is -0.480 e. The highest BCUT2D eigenvalue weighted by Crippen LogP contribution is 2.19. The molecule has 1 aliphatic rings. The summed E-state index contributed by atoms with van der Waals surface area (Å²) >= 11 is 0. The van der Waals surface area contributed by atoms with Gasteiger partial charge in [0.2, 0.25) is 11.8 Å². The molecule has 3 atom stereocenters. The molecule has 0 spiro atoms. The summed E-state index contributed by atoms with van der Waals surface area (Å²) in [5, 5.41) is 23.6. The Morgan fingerprint density at radius 1 is 1.12 bits per heavy atom. The monoisotopic (exact) mass is 449 g/mol. The summed E-state index contributed by atoms with van der Waals surface area (Å²) in [6.45, 7) is 3.32. The van der Waals surface area contributed by atoms with E-state index in [9.17, 15) is 29.4 Å². The molecule has 1 fully saturated rings. The number of ether oxygens (including phenoxy) is 1. The number of nitrogens with zero attached hydrogens (tertiary/aromatic N) is 1. The number of carbonyl (C=O) groups is 4. The van der Waals surface area contributed by atoms with E-state index in [4.69, 9.17) is 4.74 Å². The number of aliphatic hydroxyl groups is 1. The number of aliphatic carboxylic acids is 1. The van der Waals surface area contributed by atoms with Crippen molar-refractivity contribution < 1.29 is 34.1 Å². The van der Waals surface area contributed by atoms with E-state index in [2.05, 4.69) is 10.6 Å². The van der Waals surface area contributed by atoms with E-state index < -0.39 is 48.6 Å². The molecule has 1 heterocycles. The van der Waals surface area contributed by atoms with Crippen LogP contribution in [-0.2, 0) is 25.7 Å². The Labute approximate surface area is 186 Å². The summed E-state index contributed by atoms with van der Waals surface area (Å²) < 4.78 is 5.30. The van der Waals surface area contributed by atoms with Gasteiger partial charge in [0.15, 0.2) is 0 Å². The summed E-state index contributed by atoms with van der Waals surface area (Å²) in [7, 11) is 0. The number of hydrogen-bond donors (Lipinski definition) is 4. The number of likely N-dealkylation sites (tertiary alicyclic amines) is 1. The molecule has 0 bridgehead atoms. The van der Waals surface area contributed by atoms with Crippen molar-refractivity contribution >= 4 is 23.9 Å². The number of carboxylic acid groups (broad SMARTS) is 1. The molecule has 0 aliphatic carbocycles. The summed E-state index contributed by atoms with van der Waals surface area (Å²) in [4.78, 5) is 50.3. The fraction of sp³-hybridized carbons (Fsp3) is 0.545. The number of carboxylic acids is 1. The van der Waals surface area contributed by atoms with Crippen molar-refractivity contribution in [1.82, 2.24) is 15.5 Å². The first-order valence-corrected chi connectivity index (χ1v) is 10.6. The predicted octanol–water partition coefficient (Wildman–Crippen LogP) is 0.880. The lowest BCUT2D eigenvalue weighted by Crippen LogP contribution is -2.56. The second-order valence-electron chi connectivity index (χ2n) is 8.16. The first-order chi connectivity index (χ1) is 15.2. The fourth-order valence-electron chi connectivity index (χ4n) is 3.49. The molecule has 10 nitrogen and oxygen atoms in total. The fourth-order valence-corrected chi connectivity index (χ4v) is 3.49. The van der Waals surface area contributed by atoms with Crippen molar-refractivity contribution in [1.29, 1.82) is 0 Å². The Morgan fingerprint density at radius 2 is 1.81 bits per heavy atom. The topological polar surface area (TPSA) is 145 Å². The van der Waals surface area contributed by atoms with Gasteiger partial charge in [-0.25, -0.2) is 9.59 Å². The van der Waals surface area contributed by atoms with Gasteiger partial charge in [-0.15, -0.1) is 0 Å². The van der Waals surface area contributed by atoms with Crippen molar-refractivity contribution in [2.75, 3.05) is 13.2 Å². The van der Waals surface area contributed by atoms with Gasteiger partial charge in [0.1, 0.15) is 24.7 Å². The highest BCUT2D eigenvalue weighted by atomic mass is 16.6. The number of carbonyl (C=O) groups excluding carboxylic acids is 3. The summed E-state index contributed by atoms with van der Waals surface area (Å²) in [5.74, 6) is -2.58. The van der Waals surface area contributed by atoms with E-state index in [1.807, 2.05) is 44.2 Å². The Bertz CT molecular complexity index is 800. The summed E-state index contributed by atoms with van der Waals surface area (Å²) in [6.07, 6.45) is 0.539. The van der Waals surface area contributed by atoms with Gasteiger partial charge in [-0.05, 0) is 30.7 Å². The second kappa shape index (κ2) is 12.0. The number of amides is 3. The quantitative estimate of drug-likeness (QED) is 0.415. The lowest BCUT2D eigenvalue weighted by Gasteiger charge is -2.26. The minimum absolute atomic E-state index is 0.0208. The van der Waals surface area contributed by atoms with Crippen LogP contribution >= 0.6 is 0 Å². The summed E-state index contributed by atoms with van der Waals surface area (Å²) in [6, 6.07) is 5.82. The third-order valence-corrected chi connectivity index (χ3v) is 5.13. The van der Waals surface area contributed by atoms with Gasteiger partial charge in [0.25, 0.3) is 0 Å². The minimum atomic E-state index is -1.33. The van der Waals surface area contributed by atoms with Gasteiger partial charge < -0.3 is 25.6 Å². The molecule has 1 aromatic rings. The molecule has 176 valence electrons. The Morgan fingerprint density at radius 3 is 2.41 bits per heavy atom. The first kappa shape index (κ1) is 25.1. The molecule has 32 heavy (non-hydrogen) atoms. The number of benzene rings is 1. The SMILES string of the molecule is CC(C)C[C@H](NC(=O)[C@H](CO)NC(=O)[C@@H]1CCCN1C(=O)OCc1ccccc1)C(=O)O. The third kappa shape index (κ3) is 7.23. The lowest BCUT2D eigenvalue weighted by atomic mass is 10.0. The normalized spacial score (nSPS) is 17.5. The maximum absolute atomic E-state index is 12.7. The zero-order valence-electron chi connectivity index (χ0n) is 18.3. The Hall–Kier alpha value is -3.14. The van der Waals surface area contributed by atoms with E-state index in [0.29, 0.717) is 19.4 Å². The van der Waals surface area contributed by atoms with Crippen molar-refractivity contribution in [3.05, 3.63) is 35.9 Å². The van der Waals surface area contributed by atoms with Crippen molar-refractivity contribution in [3.8, 4) is 0 Å². The van der Waals surface area contributed by atoms with Crippen LogP contribution in [0.3, 0.4) is 0 Å². The molecule has 4 N–H and O–H groups in total. The van der Waals surface area contributed by atoms with E-state index >= 15 is 0 Å². The van der Waals surface area contributed by atoms with Crippen molar-refractivity contribution in [3.63, 3.8) is 0 Å². The van der Waals surface area contributed by atoms with E-state index in [1.165, 1.54) is 4.90 Å². The summed E-state index contributed by atoms with van der Waals surface area (Å²) in [5.41, 5.74) is 0.812. The standard InChI is InChI=1S/C22H31N3O7/c1-14(2)11-16(21(29)30)23-19(27)17(12-26)24-20(28)18-9-6-10-25(18)22(31)32-13-15-7-4-3-5-8-15/h3-5,7-8,14,16-18,26H,6,9-13H2,1-2H3,(H,23,27)(H,24,28)(H,29,30)/t16-,17-,18-/m0/s1.